The fraction of sp³-hybridized carbons (Fsp3) is 0.917. The third-order valence-corrected chi connectivity index (χ3v) is 3.66. The molecule has 2 rings (SSSR count). The van der Waals surface area contributed by atoms with Crippen molar-refractivity contribution in [2.45, 2.75) is 44.9 Å². The molecule has 86 valence electrons. The molecule has 15 heavy (non-hydrogen) atoms. The minimum Gasteiger partial charge on any atom is -0.338 e. The van der Waals surface area contributed by atoms with Gasteiger partial charge < -0.3 is 10.2 Å². The summed E-state index contributed by atoms with van der Waals surface area (Å²) in [6, 6.07) is 0.168. The standard InChI is InChI=1S/C12H22N2O/c15-12(14-8-4-1-5-9-14)13-10-11-6-2-3-7-11/h11H,1-10H2,(H,13,15). The van der Waals surface area contributed by atoms with E-state index in [4.69, 9.17) is 0 Å². The van der Waals surface area contributed by atoms with Crippen LogP contribution in [0.2, 0.25) is 0 Å². The van der Waals surface area contributed by atoms with Crippen LogP contribution in [-0.2, 0) is 0 Å². The van der Waals surface area contributed by atoms with Crippen molar-refractivity contribution < 1.29 is 4.79 Å². The molecule has 2 fully saturated rings. The fourth-order valence-electron chi connectivity index (χ4n) is 2.65. The van der Waals surface area contributed by atoms with E-state index in [9.17, 15) is 4.79 Å². The van der Waals surface area contributed by atoms with Gasteiger partial charge in [0, 0.05) is 19.6 Å². The van der Waals surface area contributed by atoms with Gasteiger partial charge in [0.2, 0.25) is 0 Å². The van der Waals surface area contributed by atoms with Crippen LogP contribution in [0.5, 0.6) is 0 Å². The zero-order valence-electron chi connectivity index (χ0n) is 9.50. The molecular weight excluding hydrogens is 188 g/mol. The Bertz CT molecular complexity index is 206. The second-order valence-electron chi connectivity index (χ2n) is 4.88. The molecule has 3 heteroatoms. The number of likely N-dealkylation sites (tertiary alicyclic amines) is 1. The maximum atomic E-state index is 11.8. The molecule has 2 aliphatic rings. The summed E-state index contributed by atoms with van der Waals surface area (Å²) in [5, 5.41) is 3.08. The summed E-state index contributed by atoms with van der Waals surface area (Å²) in [7, 11) is 0. The largest absolute Gasteiger partial charge is 0.338 e. The van der Waals surface area contributed by atoms with Gasteiger partial charge in [-0.15, -0.1) is 0 Å². The number of nitrogens with zero attached hydrogens (tertiary/aromatic N) is 1. The van der Waals surface area contributed by atoms with E-state index in [1.165, 1.54) is 44.9 Å². The average Bonchev–Trinajstić information content (AvgIpc) is 2.80. The first-order valence-corrected chi connectivity index (χ1v) is 6.39. The maximum absolute atomic E-state index is 11.8. The van der Waals surface area contributed by atoms with Crippen LogP contribution in [0.15, 0.2) is 0 Å². The Morgan fingerprint density at radius 2 is 1.73 bits per heavy atom. The minimum atomic E-state index is 0.168. The summed E-state index contributed by atoms with van der Waals surface area (Å²) in [5.41, 5.74) is 0. The van der Waals surface area contributed by atoms with Gasteiger partial charge in [0.25, 0.3) is 0 Å². The molecule has 0 bridgehead atoms. The molecule has 3 nitrogen and oxygen atoms in total. The Balaban J connectivity index is 1.66. The van der Waals surface area contributed by atoms with Gasteiger partial charge in [0.1, 0.15) is 0 Å². The number of carbonyl (C=O) groups excluding carboxylic acids is 1. The maximum Gasteiger partial charge on any atom is 0.317 e. The third-order valence-electron chi connectivity index (χ3n) is 3.66. The van der Waals surface area contributed by atoms with Crippen LogP contribution < -0.4 is 5.32 Å². The van der Waals surface area contributed by atoms with Gasteiger partial charge in [-0.2, -0.15) is 0 Å². The summed E-state index contributed by atoms with van der Waals surface area (Å²) >= 11 is 0. The molecule has 0 radical (unpaired) electrons. The van der Waals surface area contributed by atoms with Crippen molar-refractivity contribution in [3.05, 3.63) is 0 Å². The van der Waals surface area contributed by atoms with Crippen molar-refractivity contribution in [1.29, 1.82) is 0 Å². The minimum absolute atomic E-state index is 0.168. The number of amides is 2. The highest BCUT2D eigenvalue weighted by Crippen LogP contribution is 2.23. The van der Waals surface area contributed by atoms with Crippen LogP contribution in [0.25, 0.3) is 0 Å². The van der Waals surface area contributed by atoms with Crippen molar-refractivity contribution >= 4 is 6.03 Å². The highest BCUT2D eigenvalue weighted by atomic mass is 16.2. The number of urea groups is 1. The molecule has 1 aliphatic heterocycles. The number of hydrogen-bond acceptors (Lipinski definition) is 1. The summed E-state index contributed by atoms with van der Waals surface area (Å²) in [6.45, 7) is 2.81. The third kappa shape index (κ3) is 3.11. The summed E-state index contributed by atoms with van der Waals surface area (Å²) < 4.78 is 0. The molecule has 2 amide bonds. The molecule has 0 atom stereocenters. The van der Waals surface area contributed by atoms with E-state index in [2.05, 4.69) is 5.32 Å². The Hall–Kier alpha value is -0.730. The number of piperidine rings is 1. The summed E-state index contributed by atoms with van der Waals surface area (Å²) in [5.74, 6) is 0.749. The first-order chi connectivity index (χ1) is 7.36. The number of nitrogens with one attached hydrogen (secondary N) is 1. The molecule has 1 saturated carbocycles. The Kier molecular flexibility index (Phi) is 3.87. The quantitative estimate of drug-likeness (QED) is 0.745. The van der Waals surface area contributed by atoms with Crippen LogP contribution in [0, 0.1) is 5.92 Å². The SMILES string of the molecule is O=C(NCC1CCCC1)N1CCCCC1. The lowest BCUT2D eigenvalue weighted by Crippen LogP contribution is -2.44. The highest BCUT2D eigenvalue weighted by molar-refractivity contribution is 5.74. The smallest absolute Gasteiger partial charge is 0.317 e. The number of carbonyl (C=O) groups is 1. The monoisotopic (exact) mass is 210 g/mol. The van der Waals surface area contributed by atoms with E-state index in [0.717, 1.165) is 25.6 Å². The van der Waals surface area contributed by atoms with Crippen molar-refractivity contribution in [2.75, 3.05) is 19.6 Å². The summed E-state index contributed by atoms with van der Waals surface area (Å²) in [6.07, 6.45) is 8.95. The predicted octanol–water partition coefficient (Wildman–Crippen LogP) is 2.37. The average molecular weight is 210 g/mol. The molecule has 1 aliphatic carbocycles. The highest BCUT2D eigenvalue weighted by Gasteiger charge is 2.19. The second-order valence-corrected chi connectivity index (χ2v) is 4.88. The van der Waals surface area contributed by atoms with Crippen molar-refractivity contribution in [1.82, 2.24) is 10.2 Å². The van der Waals surface area contributed by atoms with E-state index >= 15 is 0 Å². The zero-order valence-corrected chi connectivity index (χ0v) is 9.50. The van der Waals surface area contributed by atoms with Gasteiger partial charge in [-0.05, 0) is 38.0 Å². The van der Waals surface area contributed by atoms with Gasteiger partial charge >= 0.3 is 6.03 Å². The topological polar surface area (TPSA) is 32.3 Å². The van der Waals surface area contributed by atoms with Crippen LogP contribution in [-0.4, -0.2) is 30.6 Å². The molecular formula is C12H22N2O. The molecule has 0 unspecified atom stereocenters. The Morgan fingerprint density at radius 1 is 1.07 bits per heavy atom. The van der Waals surface area contributed by atoms with Crippen LogP contribution in [0.3, 0.4) is 0 Å². The van der Waals surface area contributed by atoms with Crippen molar-refractivity contribution in [2.24, 2.45) is 5.92 Å². The van der Waals surface area contributed by atoms with E-state index in [0.29, 0.717) is 0 Å². The van der Waals surface area contributed by atoms with Gasteiger partial charge in [-0.25, -0.2) is 4.79 Å². The molecule has 0 aromatic carbocycles. The molecule has 1 N–H and O–H groups in total. The Labute approximate surface area is 92.2 Å². The van der Waals surface area contributed by atoms with Crippen molar-refractivity contribution in [3.8, 4) is 0 Å². The van der Waals surface area contributed by atoms with Gasteiger partial charge in [0.05, 0.1) is 0 Å². The number of hydrogen-bond donors (Lipinski definition) is 1. The van der Waals surface area contributed by atoms with Gasteiger partial charge in [0.15, 0.2) is 0 Å². The first-order valence-electron chi connectivity index (χ1n) is 6.39. The number of rotatable bonds is 2. The fourth-order valence-corrected chi connectivity index (χ4v) is 2.65. The lowest BCUT2D eigenvalue weighted by Gasteiger charge is -2.27. The van der Waals surface area contributed by atoms with Crippen LogP contribution in [0.4, 0.5) is 4.79 Å². The van der Waals surface area contributed by atoms with Crippen LogP contribution >= 0.6 is 0 Å². The van der Waals surface area contributed by atoms with Crippen molar-refractivity contribution in [3.63, 3.8) is 0 Å². The first kappa shape index (κ1) is 10.8. The predicted molar refractivity (Wildman–Crippen MR) is 60.8 cm³/mol. The van der Waals surface area contributed by atoms with E-state index < -0.39 is 0 Å². The van der Waals surface area contributed by atoms with Crippen LogP contribution in [0.1, 0.15) is 44.9 Å². The molecule has 1 saturated heterocycles. The van der Waals surface area contributed by atoms with Gasteiger partial charge in [-0.1, -0.05) is 12.8 Å². The molecule has 1 heterocycles. The zero-order chi connectivity index (χ0) is 10.5. The molecule has 0 aromatic rings. The summed E-state index contributed by atoms with van der Waals surface area (Å²) in [4.78, 5) is 13.7. The van der Waals surface area contributed by atoms with Gasteiger partial charge in [-0.3, -0.25) is 0 Å². The lowest BCUT2D eigenvalue weighted by molar-refractivity contribution is 0.185. The lowest BCUT2D eigenvalue weighted by atomic mass is 10.1. The molecule has 0 spiro atoms. The van der Waals surface area contributed by atoms with E-state index in [1.54, 1.807) is 0 Å². The van der Waals surface area contributed by atoms with E-state index in [1.807, 2.05) is 4.90 Å². The van der Waals surface area contributed by atoms with E-state index in [-0.39, 0.29) is 6.03 Å². The Morgan fingerprint density at radius 3 is 2.40 bits per heavy atom. The normalized spacial score (nSPS) is 23.1. The second kappa shape index (κ2) is 5.38. The molecule has 0 aromatic heterocycles.